The molecule has 3 rings (SSSR count). The average Bonchev–Trinajstić information content (AvgIpc) is 2.93. The van der Waals surface area contributed by atoms with E-state index in [1.807, 2.05) is 22.8 Å². The summed E-state index contributed by atoms with van der Waals surface area (Å²) in [6.07, 6.45) is 6.39. The fraction of sp³-hybridized carbons (Fsp3) is 0.579. The van der Waals surface area contributed by atoms with E-state index in [-0.39, 0.29) is 10.7 Å². The summed E-state index contributed by atoms with van der Waals surface area (Å²) in [4.78, 5) is 27.1. The maximum Gasteiger partial charge on any atom is 0.308 e. The minimum Gasteiger partial charge on any atom is -0.302 e. The number of Topliss-reactive ketones (excluding diaryl/α,β-unsaturated/α-hetero) is 1. The van der Waals surface area contributed by atoms with E-state index in [2.05, 4.69) is 11.8 Å². The number of carbonyl (C=O) groups excluding carboxylic acids is 1. The van der Waals surface area contributed by atoms with Gasteiger partial charge in [-0.05, 0) is 50.6 Å². The Morgan fingerprint density at radius 1 is 1.17 bits per heavy atom. The molecule has 0 unspecified atom stereocenters. The molecule has 1 fully saturated rings. The number of likely N-dealkylation sites (tertiary alicyclic amines) is 1. The maximum atomic E-state index is 12.3. The second-order valence-electron chi connectivity index (χ2n) is 6.63. The van der Waals surface area contributed by atoms with Crippen LogP contribution in [0.3, 0.4) is 0 Å². The summed E-state index contributed by atoms with van der Waals surface area (Å²) in [5, 5.41) is 0. The summed E-state index contributed by atoms with van der Waals surface area (Å²) in [5.41, 5.74) is 1.70. The molecule has 0 aliphatic carbocycles. The topological polar surface area (TPSA) is 42.3 Å². The zero-order valence-electron chi connectivity index (χ0n) is 14.4. The number of piperidine rings is 1. The predicted octanol–water partition coefficient (Wildman–Crippen LogP) is 3.92. The molecule has 4 nitrogen and oxygen atoms in total. The van der Waals surface area contributed by atoms with E-state index < -0.39 is 0 Å². The van der Waals surface area contributed by atoms with Gasteiger partial charge in [-0.1, -0.05) is 31.1 Å². The number of aromatic nitrogens is 1. The second-order valence-corrected chi connectivity index (χ2v) is 7.62. The lowest BCUT2D eigenvalue weighted by Gasteiger charge is -2.26. The number of rotatable bonds is 7. The van der Waals surface area contributed by atoms with Crippen molar-refractivity contribution in [2.75, 3.05) is 19.6 Å². The molecule has 1 aromatic carbocycles. The lowest BCUT2D eigenvalue weighted by Crippen LogP contribution is -2.33. The van der Waals surface area contributed by atoms with Crippen molar-refractivity contribution in [3.05, 3.63) is 33.4 Å². The van der Waals surface area contributed by atoms with E-state index in [1.54, 1.807) is 0 Å². The van der Waals surface area contributed by atoms with Crippen LogP contribution in [0.1, 0.15) is 55.8 Å². The Bertz CT molecular complexity index is 756. The molecule has 24 heavy (non-hydrogen) atoms. The third kappa shape index (κ3) is 3.95. The van der Waals surface area contributed by atoms with Crippen LogP contribution < -0.4 is 4.87 Å². The largest absolute Gasteiger partial charge is 0.308 e. The maximum absolute atomic E-state index is 12.3. The van der Waals surface area contributed by atoms with Crippen LogP contribution in [0.15, 0.2) is 23.0 Å². The Balaban J connectivity index is 1.75. The number of hydrogen-bond donors (Lipinski definition) is 0. The highest BCUT2D eigenvalue weighted by Crippen LogP contribution is 2.21. The second kappa shape index (κ2) is 8.08. The van der Waals surface area contributed by atoms with E-state index in [0.717, 1.165) is 54.8 Å². The van der Waals surface area contributed by atoms with E-state index in [0.29, 0.717) is 6.42 Å². The van der Waals surface area contributed by atoms with Crippen LogP contribution in [0.5, 0.6) is 0 Å². The summed E-state index contributed by atoms with van der Waals surface area (Å²) < 4.78 is 2.80. The van der Waals surface area contributed by atoms with Gasteiger partial charge in [0.2, 0.25) is 0 Å². The van der Waals surface area contributed by atoms with Crippen molar-refractivity contribution in [1.82, 2.24) is 9.47 Å². The number of carbonyl (C=O) groups is 1. The molecule has 0 radical (unpaired) electrons. The number of nitrogens with zero attached hydrogens (tertiary/aromatic N) is 2. The van der Waals surface area contributed by atoms with E-state index in [9.17, 15) is 9.59 Å². The van der Waals surface area contributed by atoms with Gasteiger partial charge in [0, 0.05) is 25.1 Å². The van der Waals surface area contributed by atoms with Crippen molar-refractivity contribution < 1.29 is 4.79 Å². The van der Waals surface area contributed by atoms with Crippen LogP contribution in [0.25, 0.3) is 10.2 Å². The standard InChI is InChI=1S/C19H26N2O2S/c1-2-3-7-17(22)15-8-9-16-18(14-15)24-19(23)21(16)13-12-20-10-5-4-6-11-20/h8-9,14H,2-7,10-13H2,1H3. The molecule has 0 saturated carbocycles. The molecule has 2 aromatic rings. The molecule has 1 aromatic heterocycles. The molecule has 1 aliphatic heterocycles. The highest BCUT2D eigenvalue weighted by atomic mass is 32.1. The molecular weight excluding hydrogens is 320 g/mol. The first-order valence-electron chi connectivity index (χ1n) is 9.08. The zero-order chi connectivity index (χ0) is 16.9. The molecule has 0 bridgehead atoms. The van der Waals surface area contributed by atoms with Gasteiger partial charge in [0.1, 0.15) is 0 Å². The fourth-order valence-corrected chi connectivity index (χ4v) is 4.31. The van der Waals surface area contributed by atoms with Gasteiger partial charge in [-0.15, -0.1) is 0 Å². The van der Waals surface area contributed by atoms with Gasteiger partial charge in [0.25, 0.3) is 0 Å². The smallest absolute Gasteiger partial charge is 0.302 e. The van der Waals surface area contributed by atoms with E-state index >= 15 is 0 Å². The predicted molar refractivity (Wildman–Crippen MR) is 100 cm³/mol. The monoisotopic (exact) mass is 346 g/mol. The van der Waals surface area contributed by atoms with Crippen LogP contribution in [-0.2, 0) is 6.54 Å². The highest BCUT2D eigenvalue weighted by Gasteiger charge is 2.14. The van der Waals surface area contributed by atoms with Crippen molar-refractivity contribution in [2.45, 2.75) is 52.0 Å². The molecule has 0 spiro atoms. The van der Waals surface area contributed by atoms with E-state index in [4.69, 9.17) is 0 Å². The van der Waals surface area contributed by atoms with Crippen molar-refractivity contribution in [1.29, 1.82) is 0 Å². The highest BCUT2D eigenvalue weighted by molar-refractivity contribution is 7.16. The number of ketones is 1. The Hall–Kier alpha value is -1.46. The van der Waals surface area contributed by atoms with Gasteiger partial charge in [-0.25, -0.2) is 0 Å². The van der Waals surface area contributed by atoms with Gasteiger partial charge in [-0.3, -0.25) is 14.2 Å². The minimum absolute atomic E-state index is 0.0835. The average molecular weight is 346 g/mol. The fourth-order valence-electron chi connectivity index (χ4n) is 3.36. The number of thiazole rings is 1. The Kier molecular flexibility index (Phi) is 5.85. The molecule has 130 valence electrons. The summed E-state index contributed by atoms with van der Waals surface area (Å²) in [7, 11) is 0. The number of hydrogen-bond acceptors (Lipinski definition) is 4. The van der Waals surface area contributed by atoms with Gasteiger partial charge >= 0.3 is 4.87 Å². The normalized spacial score (nSPS) is 15.9. The molecule has 5 heteroatoms. The van der Waals surface area contributed by atoms with Crippen molar-refractivity contribution >= 4 is 27.3 Å². The summed E-state index contributed by atoms with van der Waals surface area (Å²) in [6.45, 7) is 6.05. The molecule has 0 N–H and O–H groups in total. The Morgan fingerprint density at radius 2 is 1.96 bits per heavy atom. The molecule has 0 atom stereocenters. The third-order valence-electron chi connectivity index (χ3n) is 4.84. The number of benzene rings is 1. The quantitative estimate of drug-likeness (QED) is 0.714. The van der Waals surface area contributed by atoms with Crippen LogP contribution in [0.2, 0.25) is 0 Å². The number of fused-ring (bicyclic) bond motifs is 1. The molecule has 0 amide bonds. The zero-order valence-corrected chi connectivity index (χ0v) is 15.2. The van der Waals surface area contributed by atoms with Crippen LogP contribution in [-0.4, -0.2) is 34.9 Å². The first-order valence-corrected chi connectivity index (χ1v) is 9.89. The van der Waals surface area contributed by atoms with E-state index in [1.165, 1.54) is 30.6 Å². The first kappa shape index (κ1) is 17.4. The molecular formula is C19H26N2O2S. The van der Waals surface area contributed by atoms with Crippen molar-refractivity contribution in [2.24, 2.45) is 0 Å². The molecule has 1 saturated heterocycles. The third-order valence-corrected chi connectivity index (χ3v) is 5.78. The van der Waals surface area contributed by atoms with Crippen LogP contribution >= 0.6 is 11.3 Å². The van der Waals surface area contributed by atoms with Crippen LogP contribution in [0, 0.1) is 0 Å². The molecule has 2 heterocycles. The van der Waals surface area contributed by atoms with Gasteiger partial charge in [-0.2, -0.15) is 0 Å². The van der Waals surface area contributed by atoms with Crippen LogP contribution in [0.4, 0.5) is 0 Å². The Labute approximate surface area is 147 Å². The minimum atomic E-state index is 0.0835. The van der Waals surface area contributed by atoms with Crippen molar-refractivity contribution in [3.8, 4) is 0 Å². The summed E-state index contributed by atoms with van der Waals surface area (Å²) >= 11 is 1.26. The lowest BCUT2D eigenvalue weighted by molar-refractivity contribution is 0.0980. The molecule has 1 aliphatic rings. The van der Waals surface area contributed by atoms with Gasteiger partial charge in [0.05, 0.1) is 10.2 Å². The summed E-state index contributed by atoms with van der Waals surface area (Å²) in [6, 6.07) is 5.73. The van der Waals surface area contributed by atoms with Gasteiger partial charge < -0.3 is 4.90 Å². The number of unbranched alkanes of at least 4 members (excludes halogenated alkanes) is 1. The first-order chi connectivity index (χ1) is 11.7. The SMILES string of the molecule is CCCCC(=O)c1ccc2c(c1)sc(=O)n2CCN1CCCCC1. The van der Waals surface area contributed by atoms with Crippen molar-refractivity contribution in [3.63, 3.8) is 0 Å². The summed E-state index contributed by atoms with van der Waals surface area (Å²) in [5.74, 6) is 0.180. The lowest BCUT2D eigenvalue weighted by atomic mass is 10.1. The van der Waals surface area contributed by atoms with Gasteiger partial charge in [0.15, 0.2) is 5.78 Å². The Morgan fingerprint density at radius 3 is 2.71 bits per heavy atom.